The molecule has 252 valence electrons. The van der Waals surface area contributed by atoms with Gasteiger partial charge < -0.3 is 29.1 Å². The van der Waals surface area contributed by atoms with E-state index in [9.17, 15) is 19.2 Å². The lowest BCUT2D eigenvalue weighted by atomic mass is 9.95. The minimum absolute atomic E-state index is 0.0120. The van der Waals surface area contributed by atoms with Crippen molar-refractivity contribution in [1.82, 2.24) is 19.6 Å². The lowest BCUT2D eigenvalue weighted by Crippen LogP contribution is -2.41. The molecule has 0 fully saturated rings. The predicted molar refractivity (Wildman–Crippen MR) is 177 cm³/mol. The Hall–Kier alpha value is -4.48. The maximum Gasteiger partial charge on any atom is 0.409 e. The van der Waals surface area contributed by atoms with Crippen LogP contribution in [0.3, 0.4) is 0 Å². The number of likely N-dealkylation sites (N-methyl/N-ethyl adjacent to an activating group) is 4. The molecular formula is C34H50N6O6. The van der Waals surface area contributed by atoms with E-state index in [0.29, 0.717) is 37.6 Å². The highest BCUT2D eigenvalue weighted by molar-refractivity contribution is 5.81. The normalized spacial score (nSPS) is 11.6. The van der Waals surface area contributed by atoms with Crippen LogP contribution in [0.15, 0.2) is 58.8 Å². The van der Waals surface area contributed by atoms with E-state index in [-0.39, 0.29) is 25.0 Å². The van der Waals surface area contributed by atoms with Crippen LogP contribution in [0.4, 0.5) is 21.0 Å². The summed E-state index contributed by atoms with van der Waals surface area (Å²) in [6.45, 7) is 12.9. The molecular weight excluding hydrogens is 588 g/mol. The van der Waals surface area contributed by atoms with Gasteiger partial charge in [-0.25, -0.2) is 9.59 Å². The maximum atomic E-state index is 12.4. The van der Waals surface area contributed by atoms with Crippen molar-refractivity contribution < 1.29 is 28.7 Å². The molecule has 0 saturated heterocycles. The average molecular weight is 639 g/mol. The Balaban J connectivity index is 1.77. The molecule has 0 aliphatic heterocycles. The molecule has 0 N–H and O–H groups in total. The van der Waals surface area contributed by atoms with Crippen molar-refractivity contribution in [2.24, 2.45) is 21.1 Å². The van der Waals surface area contributed by atoms with Crippen molar-refractivity contribution in [2.45, 2.75) is 54.8 Å². The molecule has 4 amide bonds. The van der Waals surface area contributed by atoms with Gasteiger partial charge in [0.1, 0.15) is 13.2 Å². The summed E-state index contributed by atoms with van der Waals surface area (Å²) in [7, 11) is 6.73. The van der Waals surface area contributed by atoms with Gasteiger partial charge in [-0.05, 0) is 35.4 Å². The summed E-state index contributed by atoms with van der Waals surface area (Å²) >= 11 is 0. The van der Waals surface area contributed by atoms with Gasteiger partial charge in [-0.2, -0.15) is 10.2 Å². The van der Waals surface area contributed by atoms with Crippen LogP contribution in [0.5, 0.6) is 0 Å². The van der Waals surface area contributed by atoms with Gasteiger partial charge in [0, 0.05) is 65.2 Å². The van der Waals surface area contributed by atoms with Crippen LogP contribution in [-0.4, -0.2) is 98.0 Å². The summed E-state index contributed by atoms with van der Waals surface area (Å²) in [5.74, 6) is 0.0241. The molecule has 0 atom stereocenters. The van der Waals surface area contributed by atoms with Crippen molar-refractivity contribution in [2.75, 3.05) is 54.4 Å². The number of benzene rings is 2. The van der Waals surface area contributed by atoms with E-state index in [2.05, 4.69) is 10.2 Å². The van der Waals surface area contributed by atoms with E-state index in [1.165, 1.54) is 9.80 Å². The Labute approximate surface area is 273 Å². The monoisotopic (exact) mass is 638 g/mol. The molecule has 2 aromatic rings. The van der Waals surface area contributed by atoms with Crippen LogP contribution in [-0.2, 0) is 32.3 Å². The van der Waals surface area contributed by atoms with E-state index in [1.54, 1.807) is 62.3 Å². The molecule has 0 unspecified atom stereocenters. The standard InChI is InChI=1S/C34H50N6O6/c1-33(2,3)29(41)37(7)19-21-39(9)31(43)45-23-25-11-15-27(16-12-25)35-36-28-17-13-26(14-18-28)24-46-32(44)40(10)22-20-38(8)30(42)34(4,5)6/h11-18H,19-24H2,1-10H3/b36-35+. The third kappa shape index (κ3) is 12.5. The molecule has 0 saturated carbocycles. The molecule has 0 spiro atoms. The topological polar surface area (TPSA) is 124 Å². The smallest absolute Gasteiger partial charge is 0.409 e. The van der Waals surface area contributed by atoms with Crippen LogP contribution in [0.1, 0.15) is 52.7 Å². The molecule has 0 aliphatic rings. The number of hydrogen-bond acceptors (Lipinski definition) is 8. The van der Waals surface area contributed by atoms with E-state index in [0.717, 1.165) is 11.1 Å². The number of rotatable bonds is 12. The zero-order valence-electron chi connectivity index (χ0n) is 29.0. The quantitative estimate of drug-likeness (QED) is 0.253. The molecule has 46 heavy (non-hydrogen) atoms. The van der Waals surface area contributed by atoms with Crippen LogP contribution in [0.2, 0.25) is 0 Å². The van der Waals surface area contributed by atoms with Crippen molar-refractivity contribution in [3.05, 3.63) is 59.7 Å². The predicted octanol–water partition coefficient (Wildman–Crippen LogP) is 6.25. The second-order valence-electron chi connectivity index (χ2n) is 13.4. The van der Waals surface area contributed by atoms with Crippen LogP contribution >= 0.6 is 0 Å². The highest BCUT2D eigenvalue weighted by Gasteiger charge is 2.26. The Bertz CT molecular complexity index is 1240. The molecule has 2 aromatic carbocycles. The fourth-order valence-corrected chi connectivity index (χ4v) is 4.07. The Kier molecular flexibility index (Phi) is 13.7. The zero-order chi connectivity index (χ0) is 34.7. The number of carbonyl (C=O) groups excluding carboxylic acids is 4. The van der Waals surface area contributed by atoms with Gasteiger partial charge in [0.15, 0.2) is 0 Å². The SMILES string of the molecule is CN(CCN(C)C(=O)C(C)(C)C)C(=O)OCc1ccc(/N=N/c2ccc(COC(=O)N(C)CCN(C)C(=O)C(C)(C)C)cc2)cc1. The highest BCUT2D eigenvalue weighted by Crippen LogP contribution is 2.21. The van der Waals surface area contributed by atoms with Crippen LogP contribution in [0, 0.1) is 10.8 Å². The molecule has 0 aliphatic carbocycles. The minimum atomic E-state index is -0.477. The zero-order valence-corrected chi connectivity index (χ0v) is 29.0. The molecule has 12 nitrogen and oxygen atoms in total. The van der Waals surface area contributed by atoms with Crippen molar-refractivity contribution in [1.29, 1.82) is 0 Å². The van der Waals surface area contributed by atoms with Gasteiger partial charge in [0.2, 0.25) is 11.8 Å². The van der Waals surface area contributed by atoms with Gasteiger partial charge in [0.25, 0.3) is 0 Å². The van der Waals surface area contributed by atoms with Gasteiger partial charge >= 0.3 is 12.2 Å². The summed E-state index contributed by atoms with van der Waals surface area (Å²) in [5.41, 5.74) is 1.92. The number of ether oxygens (including phenoxy) is 2. The van der Waals surface area contributed by atoms with Gasteiger partial charge in [0.05, 0.1) is 11.4 Å². The first-order valence-corrected chi connectivity index (χ1v) is 15.2. The molecule has 0 bridgehead atoms. The summed E-state index contributed by atoms with van der Waals surface area (Å²) in [6.07, 6.45) is -0.939. The second-order valence-corrected chi connectivity index (χ2v) is 13.4. The van der Waals surface area contributed by atoms with Crippen LogP contribution in [0.25, 0.3) is 0 Å². The first-order chi connectivity index (χ1) is 21.4. The largest absolute Gasteiger partial charge is 0.445 e. The fourth-order valence-electron chi connectivity index (χ4n) is 4.07. The third-order valence-corrected chi connectivity index (χ3v) is 7.02. The van der Waals surface area contributed by atoms with E-state index < -0.39 is 23.0 Å². The minimum Gasteiger partial charge on any atom is -0.445 e. The summed E-state index contributed by atoms with van der Waals surface area (Å²) in [6, 6.07) is 14.4. The lowest BCUT2D eigenvalue weighted by Gasteiger charge is -2.27. The van der Waals surface area contributed by atoms with E-state index in [4.69, 9.17) is 9.47 Å². The number of amides is 4. The highest BCUT2D eigenvalue weighted by atomic mass is 16.6. The number of nitrogens with zero attached hydrogens (tertiary/aromatic N) is 6. The first-order valence-electron chi connectivity index (χ1n) is 15.2. The molecule has 0 aromatic heterocycles. The summed E-state index contributed by atoms with van der Waals surface area (Å²) in [5, 5.41) is 8.52. The van der Waals surface area contributed by atoms with Crippen molar-refractivity contribution >= 4 is 35.4 Å². The number of azo groups is 1. The van der Waals surface area contributed by atoms with Crippen molar-refractivity contribution in [3.8, 4) is 0 Å². The maximum absolute atomic E-state index is 12.4. The number of hydrogen-bond donors (Lipinski definition) is 0. The Morgan fingerprint density at radius 1 is 0.522 bits per heavy atom. The van der Waals surface area contributed by atoms with Gasteiger partial charge in [-0.3, -0.25) is 9.59 Å². The second kappa shape index (κ2) is 16.7. The summed E-state index contributed by atoms with van der Waals surface area (Å²) < 4.78 is 10.8. The molecule has 0 heterocycles. The molecule has 0 radical (unpaired) electrons. The van der Waals surface area contributed by atoms with E-state index in [1.807, 2.05) is 65.8 Å². The third-order valence-electron chi connectivity index (χ3n) is 7.02. The lowest BCUT2D eigenvalue weighted by molar-refractivity contribution is -0.138. The van der Waals surface area contributed by atoms with Gasteiger partial charge in [-0.15, -0.1) is 0 Å². The summed E-state index contributed by atoms with van der Waals surface area (Å²) in [4.78, 5) is 55.5. The Morgan fingerprint density at radius 3 is 1.09 bits per heavy atom. The first kappa shape index (κ1) is 37.7. The van der Waals surface area contributed by atoms with Crippen molar-refractivity contribution in [3.63, 3.8) is 0 Å². The van der Waals surface area contributed by atoms with Crippen LogP contribution < -0.4 is 0 Å². The molecule has 2 rings (SSSR count). The fraction of sp³-hybridized carbons (Fsp3) is 0.529. The van der Waals surface area contributed by atoms with E-state index >= 15 is 0 Å². The average Bonchev–Trinajstić information content (AvgIpc) is 3.01. The van der Waals surface area contributed by atoms with Gasteiger partial charge in [-0.1, -0.05) is 65.8 Å². The number of carbonyl (C=O) groups is 4. The molecule has 12 heteroatoms. The Morgan fingerprint density at radius 2 is 0.804 bits per heavy atom.